The lowest BCUT2D eigenvalue weighted by atomic mass is 10.1. The van der Waals surface area contributed by atoms with Crippen molar-refractivity contribution in [3.63, 3.8) is 0 Å². The summed E-state index contributed by atoms with van der Waals surface area (Å²) in [6.07, 6.45) is 30.3. The Morgan fingerprint density at radius 3 is 2.19 bits per heavy atom. The SMILES string of the molecule is CCCCCC=CCC=CCCCCCCCCn1cncc1COCCCCOCO. The lowest BCUT2D eigenvalue weighted by Gasteiger charge is -2.09. The van der Waals surface area contributed by atoms with Gasteiger partial charge in [-0.1, -0.05) is 69.8 Å². The maximum atomic E-state index is 8.57. The summed E-state index contributed by atoms with van der Waals surface area (Å²) < 4.78 is 12.9. The van der Waals surface area contributed by atoms with Crippen LogP contribution in [0.25, 0.3) is 0 Å². The molecule has 0 fully saturated rings. The zero-order chi connectivity index (χ0) is 23.0. The van der Waals surface area contributed by atoms with Crippen LogP contribution in [0.1, 0.15) is 103 Å². The van der Waals surface area contributed by atoms with Gasteiger partial charge in [0, 0.05) is 19.8 Å². The molecule has 0 saturated carbocycles. The van der Waals surface area contributed by atoms with Gasteiger partial charge in [-0.2, -0.15) is 0 Å². The molecule has 0 saturated heterocycles. The van der Waals surface area contributed by atoms with Gasteiger partial charge in [-0.25, -0.2) is 4.98 Å². The molecule has 1 aromatic rings. The number of rotatable bonds is 23. The lowest BCUT2D eigenvalue weighted by molar-refractivity contribution is -0.00537. The highest BCUT2D eigenvalue weighted by Crippen LogP contribution is 2.10. The summed E-state index contributed by atoms with van der Waals surface area (Å²) in [6.45, 7) is 5.00. The average molecular weight is 449 g/mol. The van der Waals surface area contributed by atoms with Crippen molar-refractivity contribution in [2.45, 2.75) is 110 Å². The van der Waals surface area contributed by atoms with E-state index in [9.17, 15) is 0 Å². The number of nitrogens with zero attached hydrogens (tertiary/aromatic N) is 2. The van der Waals surface area contributed by atoms with Gasteiger partial charge in [0.15, 0.2) is 0 Å². The molecule has 0 spiro atoms. The van der Waals surface area contributed by atoms with E-state index in [1.807, 2.05) is 12.5 Å². The number of hydrogen-bond acceptors (Lipinski definition) is 4. The molecular weight excluding hydrogens is 400 g/mol. The van der Waals surface area contributed by atoms with Gasteiger partial charge in [0.25, 0.3) is 0 Å². The largest absolute Gasteiger partial charge is 0.375 e. The van der Waals surface area contributed by atoms with E-state index in [0.717, 1.165) is 31.5 Å². The third-order valence-corrected chi connectivity index (χ3v) is 5.57. The van der Waals surface area contributed by atoms with Gasteiger partial charge < -0.3 is 19.1 Å². The minimum atomic E-state index is -0.200. The minimum Gasteiger partial charge on any atom is -0.375 e. The first-order chi connectivity index (χ1) is 15.9. The van der Waals surface area contributed by atoms with Crippen molar-refractivity contribution in [3.8, 4) is 0 Å². The molecule has 1 rings (SSSR count). The number of imidazole rings is 1. The van der Waals surface area contributed by atoms with Crippen molar-refractivity contribution < 1.29 is 14.6 Å². The van der Waals surface area contributed by atoms with Crippen LogP contribution in [-0.2, 0) is 22.6 Å². The molecule has 0 aliphatic carbocycles. The van der Waals surface area contributed by atoms with Crippen molar-refractivity contribution in [1.82, 2.24) is 9.55 Å². The first-order valence-electron chi connectivity index (χ1n) is 12.9. The lowest BCUT2D eigenvalue weighted by Crippen LogP contribution is -2.05. The molecular formula is C27H48N2O3. The van der Waals surface area contributed by atoms with Gasteiger partial charge in [0.1, 0.15) is 6.79 Å². The number of aromatic nitrogens is 2. The van der Waals surface area contributed by atoms with Gasteiger partial charge in [0.2, 0.25) is 0 Å². The Labute approximate surface area is 196 Å². The van der Waals surface area contributed by atoms with Crippen molar-refractivity contribution in [1.29, 1.82) is 0 Å². The Morgan fingerprint density at radius 1 is 0.812 bits per heavy atom. The topological polar surface area (TPSA) is 56.5 Å². The summed E-state index contributed by atoms with van der Waals surface area (Å²) >= 11 is 0. The molecule has 1 heterocycles. The molecule has 0 amide bonds. The Balaban J connectivity index is 1.92. The second kappa shape index (κ2) is 22.8. The van der Waals surface area contributed by atoms with Crippen LogP contribution < -0.4 is 0 Å². The van der Waals surface area contributed by atoms with Crippen LogP contribution in [0.4, 0.5) is 0 Å². The molecule has 32 heavy (non-hydrogen) atoms. The first kappa shape index (κ1) is 28.6. The maximum absolute atomic E-state index is 8.57. The zero-order valence-electron chi connectivity index (χ0n) is 20.6. The van der Waals surface area contributed by atoms with Crippen molar-refractivity contribution in [3.05, 3.63) is 42.5 Å². The van der Waals surface area contributed by atoms with E-state index in [2.05, 4.69) is 40.8 Å². The van der Waals surface area contributed by atoms with Gasteiger partial charge in [-0.05, 0) is 51.4 Å². The van der Waals surface area contributed by atoms with E-state index in [0.29, 0.717) is 19.8 Å². The molecule has 184 valence electrons. The number of aliphatic hydroxyl groups excluding tert-OH is 1. The second-order valence-electron chi connectivity index (χ2n) is 8.46. The van der Waals surface area contributed by atoms with E-state index < -0.39 is 0 Å². The third-order valence-electron chi connectivity index (χ3n) is 5.57. The molecule has 0 bridgehead atoms. The smallest absolute Gasteiger partial charge is 0.143 e. The number of aliphatic hydroxyl groups is 1. The van der Waals surface area contributed by atoms with Crippen molar-refractivity contribution in [2.24, 2.45) is 0 Å². The predicted octanol–water partition coefficient (Wildman–Crippen LogP) is 6.96. The summed E-state index contributed by atoms with van der Waals surface area (Å²) in [5, 5.41) is 8.57. The summed E-state index contributed by atoms with van der Waals surface area (Å²) in [7, 11) is 0. The summed E-state index contributed by atoms with van der Waals surface area (Å²) in [5.74, 6) is 0. The summed E-state index contributed by atoms with van der Waals surface area (Å²) in [6, 6.07) is 0. The first-order valence-corrected chi connectivity index (χ1v) is 12.9. The molecule has 0 atom stereocenters. The van der Waals surface area contributed by atoms with E-state index >= 15 is 0 Å². The molecule has 1 N–H and O–H groups in total. The average Bonchev–Trinajstić information content (AvgIpc) is 3.25. The van der Waals surface area contributed by atoms with Crippen LogP contribution in [0, 0.1) is 0 Å². The van der Waals surface area contributed by atoms with Crippen molar-refractivity contribution >= 4 is 0 Å². The molecule has 0 aliphatic rings. The zero-order valence-corrected chi connectivity index (χ0v) is 20.6. The number of aryl methyl sites for hydroxylation is 1. The molecule has 1 aromatic heterocycles. The van der Waals surface area contributed by atoms with Crippen molar-refractivity contribution in [2.75, 3.05) is 20.0 Å². The molecule has 0 aliphatic heterocycles. The predicted molar refractivity (Wildman–Crippen MR) is 134 cm³/mol. The fourth-order valence-electron chi connectivity index (χ4n) is 3.59. The molecule has 5 heteroatoms. The second-order valence-corrected chi connectivity index (χ2v) is 8.46. The highest BCUT2D eigenvalue weighted by Gasteiger charge is 2.02. The molecule has 0 radical (unpaired) electrons. The van der Waals surface area contributed by atoms with E-state index in [1.165, 1.54) is 70.6 Å². The summed E-state index contributed by atoms with van der Waals surface area (Å²) in [4.78, 5) is 4.28. The Morgan fingerprint density at radius 2 is 1.47 bits per heavy atom. The highest BCUT2D eigenvalue weighted by atomic mass is 16.6. The van der Waals surface area contributed by atoms with E-state index in [-0.39, 0.29) is 6.79 Å². The standard InChI is InChI=1S/C27H48N2O3/c1-2-3-4-5-6-7-8-9-10-11-12-13-14-15-16-17-20-29-25-28-23-27(29)24-31-21-18-19-22-32-26-30/h6-7,9-10,23,25,30H,2-5,8,11-22,24,26H2,1H3. The van der Waals surface area contributed by atoms with E-state index in [4.69, 9.17) is 14.6 Å². The monoisotopic (exact) mass is 448 g/mol. The molecule has 0 unspecified atom stereocenters. The fourth-order valence-corrected chi connectivity index (χ4v) is 3.59. The van der Waals surface area contributed by atoms with Crippen LogP contribution >= 0.6 is 0 Å². The van der Waals surface area contributed by atoms with Crippen LogP contribution in [0.3, 0.4) is 0 Å². The Bertz CT molecular complexity index is 569. The van der Waals surface area contributed by atoms with Gasteiger partial charge in [0.05, 0.1) is 24.8 Å². The highest BCUT2D eigenvalue weighted by molar-refractivity contribution is 4.96. The fraction of sp³-hybridized carbons (Fsp3) is 0.741. The molecule has 5 nitrogen and oxygen atoms in total. The van der Waals surface area contributed by atoms with Gasteiger partial charge in [-0.15, -0.1) is 0 Å². The summed E-state index contributed by atoms with van der Waals surface area (Å²) in [5.41, 5.74) is 1.15. The quantitative estimate of drug-likeness (QED) is 0.112. The number of ether oxygens (including phenoxy) is 2. The number of allylic oxidation sites excluding steroid dienone is 4. The van der Waals surface area contributed by atoms with Crippen LogP contribution in [-0.4, -0.2) is 34.7 Å². The van der Waals surface area contributed by atoms with Crippen LogP contribution in [0.15, 0.2) is 36.8 Å². The van der Waals surface area contributed by atoms with Crippen LogP contribution in [0.5, 0.6) is 0 Å². The van der Waals surface area contributed by atoms with Gasteiger partial charge >= 0.3 is 0 Å². The third kappa shape index (κ3) is 17.2. The number of hydrogen-bond donors (Lipinski definition) is 1. The normalized spacial score (nSPS) is 11.9. The minimum absolute atomic E-state index is 0.200. The Hall–Kier alpha value is -1.43. The van der Waals surface area contributed by atoms with Gasteiger partial charge in [-0.3, -0.25) is 0 Å². The van der Waals surface area contributed by atoms with E-state index in [1.54, 1.807) is 0 Å². The van der Waals surface area contributed by atoms with Crippen LogP contribution in [0.2, 0.25) is 0 Å². The Kier molecular flexibility index (Phi) is 20.3. The molecule has 0 aromatic carbocycles. The maximum Gasteiger partial charge on any atom is 0.143 e. The number of unbranched alkanes of at least 4 members (excludes halogenated alkanes) is 10.